The Balaban J connectivity index is 2.33. The van der Waals surface area contributed by atoms with E-state index in [2.05, 4.69) is 0 Å². The molecule has 0 bridgehead atoms. The number of hydrogen-bond acceptors (Lipinski definition) is 3. The summed E-state index contributed by atoms with van der Waals surface area (Å²) in [7, 11) is 0. The summed E-state index contributed by atoms with van der Waals surface area (Å²) in [6, 6.07) is 4.47. The molecule has 0 aromatic heterocycles. The Kier molecular flexibility index (Phi) is 2.02. The molecule has 0 radical (unpaired) electrons. The molecule has 1 aliphatic heterocycles. The van der Waals surface area contributed by atoms with Crippen LogP contribution in [0.3, 0.4) is 0 Å². The van der Waals surface area contributed by atoms with Gasteiger partial charge in [-0.1, -0.05) is 39.0 Å². The van der Waals surface area contributed by atoms with Crippen molar-refractivity contribution in [1.82, 2.24) is 0 Å². The number of fused-ring (bicyclic) bond motifs is 1. The van der Waals surface area contributed by atoms with E-state index in [0.29, 0.717) is 5.56 Å². The van der Waals surface area contributed by atoms with Crippen molar-refractivity contribution in [2.75, 3.05) is 6.75 Å². The first kappa shape index (κ1) is 7.77. The smallest absolute Gasteiger partial charge is 0.231 e. The second-order valence-electron chi connectivity index (χ2n) is 4.87. The summed E-state index contributed by atoms with van der Waals surface area (Å²) in [5.74, 6) is 0.452. The van der Waals surface area contributed by atoms with Gasteiger partial charge in [0.2, 0.25) is 6.75 Å². The molecule has 0 aliphatic carbocycles. The minimum atomic E-state index is -2.21. The molecule has 1 unspecified atom stereocenters. The van der Waals surface area contributed by atoms with E-state index in [1.54, 1.807) is 26.8 Å². The molecule has 1 atom stereocenters. The zero-order valence-corrected chi connectivity index (χ0v) is 10.1. The van der Waals surface area contributed by atoms with Crippen LogP contribution < -0.4 is 9.47 Å². The van der Waals surface area contributed by atoms with Gasteiger partial charge in [0.15, 0.2) is 11.5 Å². The van der Waals surface area contributed by atoms with E-state index in [4.69, 9.17) is 15.0 Å². The number of rotatable bonds is 2. The predicted octanol–water partition coefficient (Wildman–Crippen LogP) is 2.84. The van der Waals surface area contributed by atoms with Crippen LogP contribution in [0.5, 0.6) is 11.5 Å². The van der Waals surface area contributed by atoms with Crippen LogP contribution in [-0.2, 0) is 0 Å². The summed E-state index contributed by atoms with van der Waals surface area (Å²) in [6.45, 7) is 2.91. The van der Waals surface area contributed by atoms with E-state index >= 15 is 0 Å². The summed E-state index contributed by atoms with van der Waals surface area (Å²) in [5.41, 5.74) is -0.336. The van der Waals surface area contributed by atoms with Gasteiger partial charge in [-0.05, 0) is 23.1 Å². The Labute approximate surface area is 107 Å². The summed E-state index contributed by atoms with van der Waals surface area (Å²) < 4.78 is 40.6. The molecular formula is C14H18O3. The van der Waals surface area contributed by atoms with Gasteiger partial charge in [0.25, 0.3) is 0 Å². The van der Waals surface area contributed by atoms with Crippen molar-refractivity contribution >= 4 is 6.05 Å². The maximum Gasteiger partial charge on any atom is 0.231 e. The first-order valence-corrected chi connectivity index (χ1v) is 5.36. The van der Waals surface area contributed by atoms with Gasteiger partial charge in [0.05, 0.1) is 8.82 Å². The van der Waals surface area contributed by atoms with Crippen molar-refractivity contribution in [3.63, 3.8) is 0 Å². The molecule has 2 rings (SSSR count). The molecule has 1 aromatic rings. The first-order valence-electron chi connectivity index (χ1n) is 7.36. The number of benzene rings is 1. The van der Waals surface area contributed by atoms with E-state index in [1.165, 1.54) is 12.1 Å². The van der Waals surface area contributed by atoms with Crippen LogP contribution in [0, 0.1) is 5.41 Å². The normalized spacial score (nSPS) is 25.3. The predicted molar refractivity (Wildman–Crippen MR) is 67.1 cm³/mol. The summed E-state index contributed by atoms with van der Waals surface area (Å²) in [6.07, 6.45) is -0.742. The maximum absolute atomic E-state index is 10.1. The Hall–Kier alpha value is -1.48. The first-order chi connectivity index (χ1) is 9.41. The third-order valence-corrected chi connectivity index (χ3v) is 2.39. The second kappa shape index (κ2) is 4.41. The van der Waals surface area contributed by atoms with Gasteiger partial charge in [-0.25, -0.2) is 0 Å². The topological polar surface area (TPSA) is 38.7 Å². The molecule has 0 fully saturated rings. The fraction of sp³-hybridized carbons (Fsp3) is 0.429. The zero-order chi connectivity index (χ0) is 16.1. The van der Waals surface area contributed by atoms with Crippen LogP contribution in [0.2, 0.25) is 0 Å². The molecule has 92 valence electrons. The number of ether oxygens (including phenoxy) is 2. The van der Waals surface area contributed by atoms with E-state index in [1.807, 2.05) is 0 Å². The highest BCUT2D eigenvalue weighted by Gasteiger charge is 2.19. The van der Waals surface area contributed by atoms with Crippen LogP contribution in [0.15, 0.2) is 24.3 Å². The number of hydrogen-bond donors (Lipinski definition) is 1. The average Bonchev–Trinajstić information content (AvgIpc) is 2.59. The molecule has 3 heteroatoms. The standard InChI is InChI=1S/C14H18O3/c1-14(2,3)13(15)7-5-10-4-6-11-12(8-10)17-9-16-11/h4-8,13,15H,9H2,1-3H3/b7-5+/i5D,9D2,13D. The third-order valence-electron chi connectivity index (χ3n) is 2.39. The van der Waals surface area contributed by atoms with Crippen LogP contribution in [0.1, 0.15) is 31.8 Å². The molecular weight excluding hydrogens is 216 g/mol. The lowest BCUT2D eigenvalue weighted by Crippen LogP contribution is -2.23. The molecule has 1 aromatic carbocycles. The largest absolute Gasteiger partial charge is 0.454 e. The Morgan fingerprint density at radius 1 is 1.47 bits per heavy atom. The minimum Gasteiger partial charge on any atom is -0.454 e. The lowest BCUT2D eigenvalue weighted by atomic mass is 9.89. The van der Waals surface area contributed by atoms with Crippen LogP contribution in [0.25, 0.3) is 6.05 Å². The fourth-order valence-electron chi connectivity index (χ4n) is 1.24. The molecule has 1 heterocycles. The van der Waals surface area contributed by atoms with Gasteiger partial charge in [0.1, 0.15) is 2.74 Å². The lowest BCUT2D eigenvalue weighted by Gasteiger charge is -2.22. The van der Waals surface area contributed by atoms with Gasteiger partial charge in [0, 0.05) is 0 Å². The lowest BCUT2D eigenvalue weighted by molar-refractivity contribution is 0.106. The molecule has 1 N–H and O–H groups in total. The molecule has 3 nitrogen and oxygen atoms in total. The molecule has 0 saturated heterocycles. The van der Waals surface area contributed by atoms with Crippen LogP contribution in [0.4, 0.5) is 0 Å². The molecule has 0 saturated carbocycles. The van der Waals surface area contributed by atoms with Crippen molar-refractivity contribution in [2.24, 2.45) is 5.41 Å². The third kappa shape index (κ3) is 2.80. The van der Waals surface area contributed by atoms with Crippen molar-refractivity contribution in [3.05, 3.63) is 29.8 Å². The van der Waals surface area contributed by atoms with Gasteiger partial charge in [-0.3, -0.25) is 0 Å². The molecule has 1 aliphatic rings. The van der Waals surface area contributed by atoms with Crippen LogP contribution in [-0.4, -0.2) is 17.9 Å². The highest BCUT2D eigenvalue weighted by atomic mass is 16.7. The summed E-state index contributed by atoms with van der Waals surface area (Å²) >= 11 is 0. The van der Waals surface area contributed by atoms with E-state index in [9.17, 15) is 5.11 Å². The van der Waals surface area contributed by atoms with Gasteiger partial charge in [-0.15, -0.1) is 0 Å². The number of aliphatic hydroxyl groups is 1. The average molecular weight is 238 g/mol. The Morgan fingerprint density at radius 2 is 2.18 bits per heavy atom. The fourth-order valence-corrected chi connectivity index (χ4v) is 1.24. The SMILES string of the molecule is [2H]/C(=C\C([2H])(O)C(C)(C)C)c1ccc2c(c1)OC([2H])([2H])O2. The van der Waals surface area contributed by atoms with Gasteiger partial charge >= 0.3 is 0 Å². The zero-order valence-electron chi connectivity index (χ0n) is 14.1. The van der Waals surface area contributed by atoms with Gasteiger partial charge in [-0.2, -0.15) is 0 Å². The van der Waals surface area contributed by atoms with Crippen molar-refractivity contribution in [1.29, 1.82) is 0 Å². The van der Waals surface area contributed by atoms with Gasteiger partial charge < -0.3 is 14.6 Å². The van der Waals surface area contributed by atoms with E-state index < -0.39 is 18.2 Å². The van der Waals surface area contributed by atoms with Crippen molar-refractivity contribution in [3.8, 4) is 11.5 Å². The van der Waals surface area contributed by atoms with Crippen molar-refractivity contribution in [2.45, 2.75) is 26.9 Å². The molecule has 17 heavy (non-hydrogen) atoms. The van der Waals surface area contributed by atoms with Crippen molar-refractivity contribution < 1.29 is 20.1 Å². The van der Waals surface area contributed by atoms with E-state index in [-0.39, 0.29) is 17.6 Å². The highest BCUT2D eigenvalue weighted by molar-refractivity contribution is 5.56. The molecule has 0 spiro atoms. The maximum atomic E-state index is 10.1. The Bertz CT molecular complexity index is 588. The minimum absolute atomic E-state index is 0.0405. The highest BCUT2D eigenvalue weighted by Crippen LogP contribution is 2.33. The Morgan fingerprint density at radius 3 is 2.88 bits per heavy atom. The quantitative estimate of drug-likeness (QED) is 0.861. The summed E-state index contributed by atoms with van der Waals surface area (Å²) in [4.78, 5) is 0. The molecule has 0 amide bonds. The van der Waals surface area contributed by atoms with E-state index in [0.717, 1.165) is 6.08 Å². The monoisotopic (exact) mass is 238 g/mol. The van der Waals surface area contributed by atoms with Crippen LogP contribution >= 0.6 is 0 Å². The summed E-state index contributed by atoms with van der Waals surface area (Å²) in [5, 5.41) is 10.1. The second-order valence-corrected chi connectivity index (χ2v) is 4.87.